The molecule has 0 aromatic heterocycles. The smallest absolute Gasteiger partial charge is 0.227 e. The van der Waals surface area contributed by atoms with E-state index in [4.69, 9.17) is 5.73 Å². The van der Waals surface area contributed by atoms with E-state index in [0.717, 1.165) is 50.4 Å². The molecule has 0 spiro atoms. The van der Waals surface area contributed by atoms with Gasteiger partial charge in [-0.2, -0.15) is 0 Å². The van der Waals surface area contributed by atoms with Gasteiger partial charge in [-0.25, -0.2) is 0 Å². The van der Waals surface area contributed by atoms with E-state index >= 15 is 0 Å². The minimum Gasteiger partial charge on any atom is -0.371 e. The molecule has 2 atom stereocenters. The highest BCUT2D eigenvalue weighted by atomic mass is 35.5. The third-order valence-corrected chi connectivity index (χ3v) is 5.35. The van der Waals surface area contributed by atoms with Crippen molar-refractivity contribution in [2.24, 2.45) is 17.6 Å². The van der Waals surface area contributed by atoms with Crippen molar-refractivity contribution >= 4 is 42.1 Å². The van der Waals surface area contributed by atoms with E-state index in [1.165, 1.54) is 18.5 Å². The van der Waals surface area contributed by atoms with Gasteiger partial charge in [-0.3, -0.25) is 4.79 Å². The summed E-state index contributed by atoms with van der Waals surface area (Å²) in [5, 5.41) is 3.10. The number of piperidine rings is 1. The predicted molar refractivity (Wildman–Crippen MR) is 110 cm³/mol. The minimum absolute atomic E-state index is 0. The Balaban J connectivity index is 0.00000156. The summed E-state index contributed by atoms with van der Waals surface area (Å²) in [4.78, 5) is 14.9. The topological polar surface area (TPSA) is 58.4 Å². The van der Waals surface area contributed by atoms with Crippen LogP contribution in [0, 0.1) is 11.8 Å². The van der Waals surface area contributed by atoms with Crippen LogP contribution in [0.4, 0.5) is 11.4 Å². The van der Waals surface area contributed by atoms with Crippen molar-refractivity contribution in [1.29, 1.82) is 0 Å². The van der Waals surface area contributed by atoms with Crippen LogP contribution in [0.25, 0.3) is 0 Å². The molecule has 1 aliphatic heterocycles. The molecule has 1 aliphatic carbocycles. The van der Waals surface area contributed by atoms with Crippen LogP contribution in [-0.2, 0) is 4.79 Å². The Hall–Kier alpha value is -0.970. The maximum atomic E-state index is 12.5. The fraction of sp³-hybridized carbons (Fsp3) is 0.632. The highest BCUT2D eigenvalue weighted by Crippen LogP contribution is 2.27. The Bertz CT molecular complexity index is 547. The first-order chi connectivity index (χ1) is 11.1. The molecule has 1 aromatic carbocycles. The Morgan fingerprint density at radius 1 is 1.16 bits per heavy atom. The molecule has 2 fully saturated rings. The van der Waals surface area contributed by atoms with Gasteiger partial charge in [0.25, 0.3) is 0 Å². The van der Waals surface area contributed by atoms with Gasteiger partial charge in [0.1, 0.15) is 0 Å². The Labute approximate surface area is 163 Å². The van der Waals surface area contributed by atoms with Gasteiger partial charge in [0.05, 0.1) is 0 Å². The van der Waals surface area contributed by atoms with Crippen LogP contribution >= 0.6 is 24.8 Å². The summed E-state index contributed by atoms with van der Waals surface area (Å²) in [5.41, 5.74) is 8.13. The van der Waals surface area contributed by atoms with E-state index in [0.29, 0.717) is 0 Å². The summed E-state index contributed by atoms with van der Waals surface area (Å²) in [6.45, 7) is 4.54. The number of nitrogens with two attached hydrogens (primary N) is 1. The maximum Gasteiger partial charge on any atom is 0.227 e. The number of rotatable bonds is 3. The summed E-state index contributed by atoms with van der Waals surface area (Å²) >= 11 is 0. The molecule has 1 aromatic rings. The van der Waals surface area contributed by atoms with Crippen molar-refractivity contribution in [2.45, 2.75) is 51.5 Å². The Morgan fingerprint density at radius 3 is 2.56 bits per heavy atom. The molecule has 2 unspecified atom stereocenters. The summed E-state index contributed by atoms with van der Waals surface area (Å²) in [6, 6.07) is 8.45. The van der Waals surface area contributed by atoms with E-state index in [1.807, 2.05) is 12.1 Å². The fourth-order valence-corrected chi connectivity index (χ4v) is 3.76. The van der Waals surface area contributed by atoms with Crippen molar-refractivity contribution in [3.63, 3.8) is 0 Å². The van der Waals surface area contributed by atoms with Gasteiger partial charge >= 0.3 is 0 Å². The van der Waals surface area contributed by atoms with E-state index in [1.54, 1.807) is 0 Å². The second kappa shape index (κ2) is 10.2. The quantitative estimate of drug-likeness (QED) is 0.815. The Morgan fingerprint density at radius 2 is 1.88 bits per heavy atom. The van der Waals surface area contributed by atoms with Crippen molar-refractivity contribution in [3.05, 3.63) is 24.3 Å². The normalized spacial score (nSPS) is 24.0. The molecule has 25 heavy (non-hydrogen) atoms. The second-order valence-corrected chi connectivity index (χ2v) is 7.33. The molecule has 2 aliphatic rings. The number of anilines is 2. The van der Waals surface area contributed by atoms with Crippen LogP contribution < -0.4 is 16.0 Å². The molecule has 0 bridgehead atoms. The van der Waals surface area contributed by atoms with Gasteiger partial charge < -0.3 is 16.0 Å². The molecular formula is C19H31Cl2N3O. The maximum absolute atomic E-state index is 12.5. The lowest BCUT2D eigenvalue weighted by molar-refractivity contribution is -0.120. The average Bonchev–Trinajstić information content (AvgIpc) is 2.56. The zero-order chi connectivity index (χ0) is 16.2. The Kier molecular flexibility index (Phi) is 9.04. The van der Waals surface area contributed by atoms with Crippen molar-refractivity contribution in [3.8, 4) is 0 Å². The highest BCUT2D eigenvalue weighted by Gasteiger charge is 2.25. The van der Waals surface area contributed by atoms with E-state index in [2.05, 4.69) is 29.3 Å². The van der Waals surface area contributed by atoms with Gasteiger partial charge in [-0.1, -0.05) is 19.4 Å². The molecule has 1 heterocycles. The molecule has 0 radical (unpaired) electrons. The van der Waals surface area contributed by atoms with E-state index in [-0.39, 0.29) is 42.7 Å². The fourth-order valence-electron chi connectivity index (χ4n) is 3.76. The first kappa shape index (κ1) is 22.1. The highest BCUT2D eigenvalue weighted by molar-refractivity contribution is 5.93. The number of amides is 1. The summed E-state index contributed by atoms with van der Waals surface area (Å²) < 4.78 is 0. The number of carbonyl (C=O) groups is 1. The lowest BCUT2D eigenvalue weighted by Gasteiger charge is -2.32. The third-order valence-electron chi connectivity index (χ3n) is 5.35. The average molecular weight is 388 g/mol. The van der Waals surface area contributed by atoms with E-state index in [9.17, 15) is 4.79 Å². The molecular weight excluding hydrogens is 357 g/mol. The number of benzene rings is 1. The molecule has 4 nitrogen and oxygen atoms in total. The van der Waals surface area contributed by atoms with Crippen molar-refractivity contribution in [2.75, 3.05) is 23.3 Å². The van der Waals surface area contributed by atoms with Crippen molar-refractivity contribution in [1.82, 2.24) is 0 Å². The third kappa shape index (κ3) is 6.05. The number of nitrogens with zero attached hydrogens (tertiary/aromatic N) is 1. The van der Waals surface area contributed by atoms with Crippen LogP contribution in [0.3, 0.4) is 0 Å². The number of carbonyl (C=O) groups excluding carboxylic acids is 1. The lowest BCUT2D eigenvalue weighted by Crippen LogP contribution is -2.34. The van der Waals surface area contributed by atoms with Crippen LogP contribution in [0.2, 0.25) is 0 Å². The van der Waals surface area contributed by atoms with Crippen LogP contribution in [0.1, 0.15) is 45.4 Å². The number of nitrogens with one attached hydrogen (secondary N) is 1. The zero-order valence-corrected chi connectivity index (χ0v) is 16.6. The summed E-state index contributed by atoms with van der Waals surface area (Å²) in [6.07, 6.45) is 6.38. The lowest BCUT2D eigenvalue weighted by atomic mass is 9.85. The SMILES string of the molecule is CC1CCN(c2cccc(NC(=O)C3CCCC(N)C3)c2)CC1.Cl.Cl. The predicted octanol–water partition coefficient (Wildman–Crippen LogP) is 4.22. The van der Waals surface area contributed by atoms with Crippen LogP contribution in [0.15, 0.2) is 24.3 Å². The number of hydrogen-bond acceptors (Lipinski definition) is 3. The minimum atomic E-state index is 0. The standard InChI is InChI=1S/C19H29N3O.2ClH/c1-14-8-10-22(11-9-14)18-7-3-6-17(13-18)21-19(23)15-4-2-5-16(20)12-15;;/h3,6-7,13-16H,2,4-5,8-12,20H2,1H3,(H,21,23);2*1H. The van der Waals surface area contributed by atoms with Gasteiger partial charge in [-0.15, -0.1) is 24.8 Å². The number of halogens is 2. The van der Waals surface area contributed by atoms with Gasteiger partial charge in [0, 0.05) is 36.4 Å². The molecule has 3 rings (SSSR count). The second-order valence-electron chi connectivity index (χ2n) is 7.33. The molecule has 3 N–H and O–H groups in total. The first-order valence-electron chi connectivity index (χ1n) is 9.03. The first-order valence-corrected chi connectivity index (χ1v) is 9.03. The summed E-state index contributed by atoms with van der Waals surface area (Å²) in [5.74, 6) is 1.02. The van der Waals surface area contributed by atoms with Gasteiger partial charge in [0.15, 0.2) is 0 Å². The molecule has 1 saturated heterocycles. The molecule has 6 heteroatoms. The van der Waals surface area contributed by atoms with Gasteiger partial charge in [-0.05, 0) is 56.2 Å². The number of hydrogen-bond donors (Lipinski definition) is 2. The van der Waals surface area contributed by atoms with Crippen LogP contribution in [0.5, 0.6) is 0 Å². The zero-order valence-electron chi connectivity index (χ0n) is 14.9. The largest absolute Gasteiger partial charge is 0.371 e. The van der Waals surface area contributed by atoms with E-state index < -0.39 is 0 Å². The molecule has 1 amide bonds. The van der Waals surface area contributed by atoms with Crippen molar-refractivity contribution < 1.29 is 4.79 Å². The molecule has 1 saturated carbocycles. The van der Waals surface area contributed by atoms with Crippen LogP contribution in [-0.4, -0.2) is 25.0 Å². The summed E-state index contributed by atoms with van der Waals surface area (Å²) in [7, 11) is 0. The monoisotopic (exact) mass is 387 g/mol. The molecule has 142 valence electrons. The van der Waals surface area contributed by atoms with Gasteiger partial charge in [0.2, 0.25) is 5.91 Å².